The summed E-state index contributed by atoms with van der Waals surface area (Å²) in [6, 6.07) is 4.23. The lowest BCUT2D eigenvalue weighted by Gasteiger charge is -2.11. The van der Waals surface area contributed by atoms with Gasteiger partial charge in [-0.05, 0) is 55.0 Å². The fourth-order valence-electron chi connectivity index (χ4n) is 1.54. The van der Waals surface area contributed by atoms with Crippen molar-refractivity contribution in [2.75, 3.05) is 18.6 Å². The summed E-state index contributed by atoms with van der Waals surface area (Å²) in [7, 11) is 0. The average molecular weight is 303 g/mol. The standard InChI is InChI=1S/C13H19BrOS/c1-4-11-9-12(8-10(2)13(11)14)15-6-5-7-16-3/h8-9H,4-7H2,1-3H3. The first-order valence-electron chi connectivity index (χ1n) is 5.59. The SMILES string of the molecule is CCc1cc(OCCCSC)cc(C)c1Br. The second-order valence-corrected chi connectivity index (χ2v) is 5.54. The van der Waals surface area contributed by atoms with Crippen LogP contribution >= 0.6 is 27.7 Å². The molecule has 0 fully saturated rings. The molecule has 0 N–H and O–H groups in total. The molecule has 0 bridgehead atoms. The van der Waals surface area contributed by atoms with E-state index in [0.717, 1.165) is 31.0 Å². The highest BCUT2D eigenvalue weighted by Gasteiger charge is 2.04. The highest BCUT2D eigenvalue weighted by Crippen LogP contribution is 2.27. The lowest BCUT2D eigenvalue weighted by Crippen LogP contribution is -2.00. The number of rotatable bonds is 6. The van der Waals surface area contributed by atoms with Gasteiger partial charge in [0.25, 0.3) is 0 Å². The summed E-state index contributed by atoms with van der Waals surface area (Å²) in [6.07, 6.45) is 4.26. The van der Waals surface area contributed by atoms with Gasteiger partial charge < -0.3 is 4.74 Å². The molecule has 0 aliphatic heterocycles. The summed E-state index contributed by atoms with van der Waals surface area (Å²) in [5.41, 5.74) is 2.57. The van der Waals surface area contributed by atoms with Crippen LogP contribution in [0.25, 0.3) is 0 Å². The van der Waals surface area contributed by atoms with Crippen LogP contribution in [0.15, 0.2) is 16.6 Å². The lowest BCUT2D eigenvalue weighted by atomic mass is 10.1. The molecule has 1 aromatic carbocycles. The van der Waals surface area contributed by atoms with E-state index < -0.39 is 0 Å². The monoisotopic (exact) mass is 302 g/mol. The normalized spacial score (nSPS) is 10.5. The molecule has 0 unspecified atom stereocenters. The summed E-state index contributed by atoms with van der Waals surface area (Å²) >= 11 is 5.47. The molecule has 0 saturated carbocycles. The fourth-order valence-corrected chi connectivity index (χ4v) is 2.46. The highest BCUT2D eigenvalue weighted by molar-refractivity contribution is 9.10. The molecule has 1 nitrogen and oxygen atoms in total. The number of hydrogen-bond acceptors (Lipinski definition) is 2. The Kier molecular flexibility index (Phi) is 6.29. The molecule has 0 saturated heterocycles. The van der Waals surface area contributed by atoms with Crippen molar-refractivity contribution in [1.29, 1.82) is 0 Å². The van der Waals surface area contributed by atoms with Gasteiger partial charge in [-0.25, -0.2) is 0 Å². The van der Waals surface area contributed by atoms with Crippen LogP contribution < -0.4 is 4.74 Å². The lowest BCUT2D eigenvalue weighted by molar-refractivity contribution is 0.318. The molecule has 0 spiro atoms. The Morgan fingerprint density at radius 3 is 2.75 bits per heavy atom. The van der Waals surface area contributed by atoms with Gasteiger partial charge in [-0.15, -0.1) is 0 Å². The van der Waals surface area contributed by atoms with E-state index in [9.17, 15) is 0 Å². The molecular weight excluding hydrogens is 284 g/mol. The van der Waals surface area contributed by atoms with Crippen LogP contribution in [0, 0.1) is 6.92 Å². The number of benzene rings is 1. The van der Waals surface area contributed by atoms with Crippen LogP contribution in [0.5, 0.6) is 5.75 Å². The van der Waals surface area contributed by atoms with Gasteiger partial charge in [0.15, 0.2) is 0 Å². The van der Waals surface area contributed by atoms with Crippen molar-refractivity contribution in [1.82, 2.24) is 0 Å². The van der Waals surface area contributed by atoms with Crippen LogP contribution in [-0.2, 0) is 6.42 Å². The van der Waals surface area contributed by atoms with Crippen LogP contribution in [0.2, 0.25) is 0 Å². The van der Waals surface area contributed by atoms with Gasteiger partial charge in [-0.2, -0.15) is 11.8 Å². The van der Waals surface area contributed by atoms with Gasteiger partial charge in [0.1, 0.15) is 5.75 Å². The van der Waals surface area contributed by atoms with E-state index >= 15 is 0 Å². The molecule has 1 rings (SSSR count). The van der Waals surface area contributed by atoms with E-state index in [1.807, 2.05) is 11.8 Å². The van der Waals surface area contributed by atoms with Gasteiger partial charge in [0, 0.05) is 4.47 Å². The fraction of sp³-hybridized carbons (Fsp3) is 0.538. The zero-order valence-corrected chi connectivity index (χ0v) is 12.6. The predicted molar refractivity (Wildman–Crippen MR) is 76.8 cm³/mol. The number of hydrogen-bond donors (Lipinski definition) is 0. The molecule has 0 aromatic heterocycles. The molecule has 1 aromatic rings. The molecule has 0 heterocycles. The van der Waals surface area contributed by atoms with Crippen molar-refractivity contribution in [3.63, 3.8) is 0 Å². The van der Waals surface area contributed by atoms with Crippen molar-refractivity contribution in [2.24, 2.45) is 0 Å². The second-order valence-electron chi connectivity index (χ2n) is 3.76. The maximum atomic E-state index is 5.75. The molecule has 0 radical (unpaired) electrons. The first kappa shape index (κ1) is 13.9. The molecule has 0 amide bonds. The van der Waals surface area contributed by atoms with Crippen molar-refractivity contribution >= 4 is 27.7 Å². The molecule has 0 aliphatic rings. The van der Waals surface area contributed by atoms with E-state index in [1.54, 1.807) is 0 Å². The average Bonchev–Trinajstić information content (AvgIpc) is 2.29. The molecular formula is C13H19BrOS. The van der Waals surface area contributed by atoms with Crippen molar-refractivity contribution in [3.05, 3.63) is 27.7 Å². The van der Waals surface area contributed by atoms with Gasteiger partial charge in [0.05, 0.1) is 6.61 Å². The first-order valence-corrected chi connectivity index (χ1v) is 7.78. The quantitative estimate of drug-likeness (QED) is 0.718. The molecule has 3 heteroatoms. The minimum absolute atomic E-state index is 0.811. The van der Waals surface area contributed by atoms with E-state index in [1.165, 1.54) is 15.6 Å². The summed E-state index contributed by atoms with van der Waals surface area (Å²) < 4.78 is 6.97. The van der Waals surface area contributed by atoms with Crippen LogP contribution in [-0.4, -0.2) is 18.6 Å². The molecule has 90 valence electrons. The summed E-state index contributed by atoms with van der Waals surface area (Å²) in [5, 5.41) is 0. The molecule has 0 aliphatic carbocycles. The van der Waals surface area contributed by atoms with E-state index in [2.05, 4.69) is 48.2 Å². The number of halogens is 1. The minimum atomic E-state index is 0.811. The maximum Gasteiger partial charge on any atom is 0.119 e. The van der Waals surface area contributed by atoms with Crippen molar-refractivity contribution in [3.8, 4) is 5.75 Å². The van der Waals surface area contributed by atoms with Crippen LogP contribution in [0.1, 0.15) is 24.5 Å². The van der Waals surface area contributed by atoms with Crippen LogP contribution in [0.4, 0.5) is 0 Å². The number of thioether (sulfide) groups is 1. The van der Waals surface area contributed by atoms with Gasteiger partial charge in [-0.3, -0.25) is 0 Å². The van der Waals surface area contributed by atoms with Gasteiger partial charge in [-0.1, -0.05) is 22.9 Å². The highest BCUT2D eigenvalue weighted by atomic mass is 79.9. The van der Waals surface area contributed by atoms with Gasteiger partial charge >= 0.3 is 0 Å². The third-order valence-electron chi connectivity index (χ3n) is 2.45. The minimum Gasteiger partial charge on any atom is -0.494 e. The largest absolute Gasteiger partial charge is 0.494 e. The second kappa shape index (κ2) is 7.23. The Balaban J connectivity index is 2.63. The Morgan fingerprint density at radius 2 is 2.12 bits per heavy atom. The smallest absolute Gasteiger partial charge is 0.119 e. The van der Waals surface area contributed by atoms with Crippen molar-refractivity contribution < 1.29 is 4.74 Å². The van der Waals surface area contributed by atoms with Crippen LogP contribution in [0.3, 0.4) is 0 Å². The predicted octanol–water partition coefficient (Wildman–Crippen LogP) is 4.45. The first-order chi connectivity index (χ1) is 7.69. The zero-order chi connectivity index (χ0) is 12.0. The molecule has 0 atom stereocenters. The van der Waals surface area contributed by atoms with E-state index in [-0.39, 0.29) is 0 Å². The Morgan fingerprint density at radius 1 is 1.38 bits per heavy atom. The summed E-state index contributed by atoms with van der Waals surface area (Å²) in [4.78, 5) is 0. The molecule has 16 heavy (non-hydrogen) atoms. The Bertz CT molecular complexity index is 339. The third-order valence-corrected chi connectivity index (χ3v) is 4.28. The number of ether oxygens (including phenoxy) is 1. The van der Waals surface area contributed by atoms with E-state index in [0.29, 0.717) is 0 Å². The Hall–Kier alpha value is -0.150. The maximum absolute atomic E-state index is 5.75. The van der Waals surface area contributed by atoms with Gasteiger partial charge in [0.2, 0.25) is 0 Å². The topological polar surface area (TPSA) is 9.23 Å². The third kappa shape index (κ3) is 4.02. The Labute approximate surface area is 111 Å². The summed E-state index contributed by atoms with van der Waals surface area (Å²) in [5.74, 6) is 2.16. The summed E-state index contributed by atoms with van der Waals surface area (Å²) in [6.45, 7) is 5.08. The zero-order valence-electron chi connectivity index (χ0n) is 10.2. The van der Waals surface area contributed by atoms with E-state index in [4.69, 9.17) is 4.74 Å². The number of aryl methyl sites for hydroxylation is 2. The van der Waals surface area contributed by atoms with Crippen molar-refractivity contribution in [2.45, 2.75) is 26.7 Å².